The third-order valence-electron chi connectivity index (χ3n) is 4.23. The normalized spacial score (nSPS) is 11.3. The number of carbonyl (C=O) groups is 1. The number of thiazole rings is 1. The van der Waals surface area contributed by atoms with Gasteiger partial charge < -0.3 is 5.32 Å². The van der Waals surface area contributed by atoms with E-state index in [1.807, 2.05) is 31.2 Å². The first-order valence-electron chi connectivity index (χ1n) is 8.62. The summed E-state index contributed by atoms with van der Waals surface area (Å²) < 4.78 is 27.2. The van der Waals surface area contributed by atoms with Crippen LogP contribution in [0.25, 0.3) is 10.9 Å². The van der Waals surface area contributed by atoms with E-state index in [1.165, 1.54) is 41.8 Å². The summed E-state index contributed by atoms with van der Waals surface area (Å²) in [5.74, 6) is -0.365. The van der Waals surface area contributed by atoms with Gasteiger partial charge in [0, 0.05) is 22.7 Å². The summed E-state index contributed by atoms with van der Waals surface area (Å²) in [6.07, 6.45) is 1.52. The summed E-state index contributed by atoms with van der Waals surface area (Å²) in [5, 5.41) is 5.71. The van der Waals surface area contributed by atoms with Crippen molar-refractivity contribution in [3.8, 4) is 0 Å². The lowest BCUT2D eigenvalue weighted by Gasteiger charge is -2.09. The average molecular weight is 425 g/mol. The molecular formula is C20H16N4O3S2. The van der Waals surface area contributed by atoms with Gasteiger partial charge in [-0.05, 0) is 48.9 Å². The lowest BCUT2D eigenvalue weighted by Crippen LogP contribution is -2.15. The molecule has 1 amide bonds. The van der Waals surface area contributed by atoms with Gasteiger partial charge in [0.1, 0.15) is 5.69 Å². The molecule has 4 rings (SSSR count). The molecule has 0 bridgehead atoms. The topological polar surface area (TPSA) is 101 Å². The molecule has 0 fully saturated rings. The highest BCUT2D eigenvalue weighted by molar-refractivity contribution is 7.93. The van der Waals surface area contributed by atoms with E-state index in [4.69, 9.17) is 0 Å². The number of benzene rings is 2. The number of para-hydroxylation sites is 1. The number of amides is 1. The van der Waals surface area contributed by atoms with Crippen molar-refractivity contribution in [3.05, 3.63) is 77.4 Å². The molecule has 2 aromatic carbocycles. The first-order valence-corrected chi connectivity index (χ1v) is 11.0. The summed E-state index contributed by atoms with van der Waals surface area (Å²) in [6.45, 7) is 1.93. The number of anilines is 2. The monoisotopic (exact) mass is 424 g/mol. The maximum Gasteiger partial charge on any atom is 0.274 e. The van der Waals surface area contributed by atoms with E-state index in [1.54, 1.807) is 11.4 Å². The van der Waals surface area contributed by atoms with Crippen LogP contribution in [0.3, 0.4) is 0 Å². The first kappa shape index (κ1) is 19.0. The molecule has 2 heterocycles. The van der Waals surface area contributed by atoms with E-state index in [0.717, 1.165) is 16.5 Å². The molecular weight excluding hydrogens is 408 g/mol. The van der Waals surface area contributed by atoms with Crippen molar-refractivity contribution in [2.45, 2.75) is 11.8 Å². The number of aromatic nitrogens is 2. The minimum atomic E-state index is -3.74. The lowest BCUT2D eigenvalue weighted by molar-refractivity contribution is 0.102. The number of nitrogens with zero attached hydrogens (tertiary/aromatic N) is 2. The molecule has 7 nitrogen and oxygen atoms in total. The predicted octanol–water partition coefficient (Wildman–Crippen LogP) is 4.05. The molecule has 9 heteroatoms. The quantitative estimate of drug-likeness (QED) is 0.503. The van der Waals surface area contributed by atoms with Crippen LogP contribution in [0.1, 0.15) is 16.1 Å². The standard InChI is InChI=1S/C20H16N4O3S2/c1-13-12-18(23-17-5-3-2-4-16(13)17)19(25)22-14-6-8-15(9-7-14)29(26,27)24-20-21-10-11-28-20/h2-12H,1H3,(H,21,24)(H,22,25). The molecule has 0 aliphatic heterocycles. The van der Waals surface area contributed by atoms with Crippen LogP contribution in [0.5, 0.6) is 0 Å². The number of hydrogen-bond acceptors (Lipinski definition) is 6. The van der Waals surface area contributed by atoms with Crippen LogP contribution in [0.4, 0.5) is 10.8 Å². The maximum absolute atomic E-state index is 12.6. The Bertz CT molecular complexity index is 1290. The molecule has 0 unspecified atom stereocenters. The maximum atomic E-state index is 12.6. The highest BCUT2D eigenvalue weighted by atomic mass is 32.2. The van der Waals surface area contributed by atoms with Gasteiger partial charge in [0.15, 0.2) is 5.13 Å². The third-order valence-corrected chi connectivity index (χ3v) is 6.40. The third kappa shape index (κ3) is 4.10. The Hall–Kier alpha value is -3.30. The summed E-state index contributed by atoms with van der Waals surface area (Å²) >= 11 is 1.19. The number of pyridine rings is 1. The van der Waals surface area contributed by atoms with Crippen molar-refractivity contribution < 1.29 is 13.2 Å². The van der Waals surface area contributed by atoms with Gasteiger partial charge in [0.25, 0.3) is 15.9 Å². The van der Waals surface area contributed by atoms with Crippen molar-refractivity contribution in [2.75, 3.05) is 10.0 Å². The fourth-order valence-corrected chi connectivity index (χ4v) is 4.61. The molecule has 0 aliphatic rings. The minimum absolute atomic E-state index is 0.0744. The highest BCUT2D eigenvalue weighted by Crippen LogP contribution is 2.21. The Morgan fingerprint density at radius 1 is 1.07 bits per heavy atom. The van der Waals surface area contributed by atoms with Crippen LogP contribution in [-0.2, 0) is 10.0 Å². The molecule has 0 saturated heterocycles. The Morgan fingerprint density at radius 3 is 2.55 bits per heavy atom. The van der Waals surface area contributed by atoms with E-state index in [-0.39, 0.29) is 10.8 Å². The molecule has 0 saturated carbocycles. The average Bonchev–Trinajstić information content (AvgIpc) is 3.20. The fraction of sp³-hybridized carbons (Fsp3) is 0.0500. The summed E-state index contributed by atoms with van der Waals surface area (Å²) in [6, 6.07) is 15.2. The number of aryl methyl sites for hydroxylation is 1. The van der Waals surface area contributed by atoms with Crippen molar-refractivity contribution in [1.29, 1.82) is 0 Å². The molecule has 2 N–H and O–H groups in total. The zero-order valence-corrected chi connectivity index (χ0v) is 16.9. The number of rotatable bonds is 5. The van der Waals surface area contributed by atoms with Crippen molar-refractivity contribution in [3.63, 3.8) is 0 Å². The van der Waals surface area contributed by atoms with Crippen LogP contribution >= 0.6 is 11.3 Å². The van der Waals surface area contributed by atoms with Gasteiger partial charge in [-0.2, -0.15) is 0 Å². The van der Waals surface area contributed by atoms with Crippen molar-refractivity contribution >= 4 is 49.0 Å². The highest BCUT2D eigenvalue weighted by Gasteiger charge is 2.16. The molecule has 0 spiro atoms. The van der Waals surface area contributed by atoms with Crippen LogP contribution in [-0.4, -0.2) is 24.3 Å². The van der Waals surface area contributed by atoms with Gasteiger partial charge in [0.2, 0.25) is 0 Å². The van der Waals surface area contributed by atoms with E-state index >= 15 is 0 Å². The first-order chi connectivity index (χ1) is 13.9. The van der Waals surface area contributed by atoms with Crippen LogP contribution < -0.4 is 10.0 Å². The Labute approximate surface area is 171 Å². The number of carbonyl (C=O) groups excluding carboxylic acids is 1. The van der Waals surface area contributed by atoms with E-state index in [9.17, 15) is 13.2 Å². The largest absolute Gasteiger partial charge is 0.321 e. The Morgan fingerprint density at radius 2 is 1.83 bits per heavy atom. The van der Waals surface area contributed by atoms with Gasteiger partial charge in [-0.25, -0.2) is 18.4 Å². The van der Waals surface area contributed by atoms with E-state index < -0.39 is 10.0 Å². The Kier molecular flexibility index (Phi) is 4.99. The fourth-order valence-electron chi connectivity index (χ4n) is 2.83. The van der Waals surface area contributed by atoms with Crippen molar-refractivity contribution in [2.24, 2.45) is 0 Å². The SMILES string of the molecule is Cc1cc(C(=O)Nc2ccc(S(=O)(=O)Nc3nccs3)cc2)nc2ccccc12. The molecule has 0 aliphatic carbocycles. The zero-order valence-electron chi connectivity index (χ0n) is 15.3. The van der Waals surface area contributed by atoms with Crippen LogP contribution in [0, 0.1) is 6.92 Å². The van der Waals surface area contributed by atoms with Crippen LogP contribution in [0.15, 0.2) is 71.1 Å². The number of sulfonamides is 1. The van der Waals surface area contributed by atoms with Gasteiger partial charge >= 0.3 is 0 Å². The molecule has 29 heavy (non-hydrogen) atoms. The van der Waals surface area contributed by atoms with Crippen molar-refractivity contribution in [1.82, 2.24) is 9.97 Å². The Balaban J connectivity index is 1.52. The molecule has 146 valence electrons. The summed E-state index contributed by atoms with van der Waals surface area (Å²) in [5.41, 5.74) is 2.46. The smallest absolute Gasteiger partial charge is 0.274 e. The van der Waals surface area contributed by atoms with Gasteiger partial charge in [-0.3, -0.25) is 9.52 Å². The number of fused-ring (bicyclic) bond motifs is 1. The molecule has 2 aromatic heterocycles. The van der Waals surface area contributed by atoms with Crippen LogP contribution in [0.2, 0.25) is 0 Å². The second-order valence-corrected chi connectivity index (χ2v) is 8.84. The summed E-state index contributed by atoms with van der Waals surface area (Å²) in [7, 11) is -3.74. The van der Waals surface area contributed by atoms with E-state index in [2.05, 4.69) is 20.0 Å². The zero-order chi connectivity index (χ0) is 20.4. The molecule has 0 atom stereocenters. The number of nitrogens with one attached hydrogen (secondary N) is 2. The minimum Gasteiger partial charge on any atom is -0.321 e. The second-order valence-electron chi connectivity index (χ2n) is 6.26. The van der Waals surface area contributed by atoms with Gasteiger partial charge in [0.05, 0.1) is 10.4 Å². The lowest BCUT2D eigenvalue weighted by atomic mass is 10.1. The number of hydrogen-bond donors (Lipinski definition) is 2. The molecule has 4 aromatic rings. The summed E-state index contributed by atoms with van der Waals surface area (Å²) in [4.78, 5) is 21.0. The van der Waals surface area contributed by atoms with E-state index in [0.29, 0.717) is 16.5 Å². The predicted molar refractivity (Wildman–Crippen MR) is 114 cm³/mol. The van der Waals surface area contributed by atoms with Gasteiger partial charge in [-0.1, -0.05) is 18.2 Å². The second kappa shape index (κ2) is 7.61. The molecule has 0 radical (unpaired) electrons. The van der Waals surface area contributed by atoms with Gasteiger partial charge in [-0.15, -0.1) is 11.3 Å².